The van der Waals surface area contributed by atoms with Crippen molar-refractivity contribution in [1.29, 1.82) is 0 Å². The molecule has 1 aliphatic rings. The quantitative estimate of drug-likeness (QED) is 0.662. The van der Waals surface area contributed by atoms with E-state index in [0.29, 0.717) is 4.88 Å². The molecule has 1 saturated heterocycles. The molecule has 0 atom stereocenters. The number of benzene rings is 2. The van der Waals surface area contributed by atoms with E-state index in [9.17, 15) is 4.79 Å². The molecule has 0 unspecified atom stereocenters. The molecule has 4 rings (SSSR count). The molecule has 29 heavy (non-hydrogen) atoms. The number of amides is 1. The van der Waals surface area contributed by atoms with Crippen molar-refractivity contribution in [1.82, 2.24) is 4.98 Å². The predicted octanol–water partition coefficient (Wildman–Crippen LogP) is 4.77. The average Bonchev–Trinajstić information content (AvgIpc) is 3.17. The van der Waals surface area contributed by atoms with Crippen LogP contribution in [0.25, 0.3) is 10.6 Å². The maximum Gasteiger partial charge on any atom is 0.267 e. The van der Waals surface area contributed by atoms with Crippen LogP contribution >= 0.6 is 11.3 Å². The van der Waals surface area contributed by atoms with Gasteiger partial charge in [0.1, 0.15) is 9.88 Å². The summed E-state index contributed by atoms with van der Waals surface area (Å²) >= 11 is 1.43. The van der Waals surface area contributed by atoms with Crippen molar-refractivity contribution < 1.29 is 9.53 Å². The Kier molecular flexibility index (Phi) is 5.92. The van der Waals surface area contributed by atoms with Gasteiger partial charge >= 0.3 is 0 Å². The zero-order chi connectivity index (χ0) is 20.2. The maximum absolute atomic E-state index is 12.8. The third kappa shape index (κ3) is 4.49. The Morgan fingerprint density at radius 2 is 1.79 bits per heavy atom. The lowest BCUT2D eigenvalue weighted by Crippen LogP contribution is -2.36. The smallest absolute Gasteiger partial charge is 0.267 e. The summed E-state index contributed by atoms with van der Waals surface area (Å²) in [6.45, 7) is 7.33. The first-order valence-corrected chi connectivity index (χ1v) is 10.8. The topological polar surface area (TPSA) is 54.5 Å². The Bertz CT molecular complexity index is 974. The van der Waals surface area contributed by atoms with E-state index in [1.54, 1.807) is 0 Å². The minimum absolute atomic E-state index is 0.115. The van der Waals surface area contributed by atoms with Crippen LogP contribution in [0.5, 0.6) is 0 Å². The van der Waals surface area contributed by atoms with Crippen molar-refractivity contribution in [3.8, 4) is 10.6 Å². The largest absolute Gasteiger partial charge is 0.378 e. The number of hydrogen-bond acceptors (Lipinski definition) is 5. The Morgan fingerprint density at radius 3 is 2.45 bits per heavy atom. The Morgan fingerprint density at radius 1 is 1.10 bits per heavy atom. The van der Waals surface area contributed by atoms with Crippen molar-refractivity contribution in [3.05, 3.63) is 64.7 Å². The second-order valence-electron chi connectivity index (χ2n) is 7.08. The minimum atomic E-state index is -0.115. The molecule has 1 aliphatic heterocycles. The SMILES string of the molecule is CCc1ccc(-c2nc(C)c(C(=O)Nc3ccc(N4CCOCC4)cc3)s2)cc1. The highest BCUT2D eigenvalue weighted by Crippen LogP contribution is 2.29. The number of rotatable bonds is 5. The third-order valence-electron chi connectivity index (χ3n) is 5.11. The van der Waals surface area contributed by atoms with Gasteiger partial charge in [-0.3, -0.25) is 4.79 Å². The molecule has 3 aromatic rings. The number of carbonyl (C=O) groups excluding carboxylic acids is 1. The van der Waals surface area contributed by atoms with Crippen LogP contribution in [-0.4, -0.2) is 37.2 Å². The average molecular weight is 408 g/mol. The lowest BCUT2D eigenvalue weighted by molar-refractivity contribution is 0.103. The molecule has 0 radical (unpaired) electrons. The summed E-state index contributed by atoms with van der Waals surface area (Å²) in [5.74, 6) is -0.115. The third-order valence-corrected chi connectivity index (χ3v) is 6.32. The number of nitrogens with one attached hydrogen (secondary N) is 1. The summed E-state index contributed by atoms with van der Waals surface area (Å²) in [6, 6.07) is 16.4. The van der Waals surface area contributed by atoms with Crippen LogP contribution in [0, 0.1) is 6.92 Å². The van der Waals surface area contributed by atoms with Crippen molar-refractivity contribution in [2.24, 2.45) is 0 Å². The van der Waals surface area contributed by atoms with Gasteiger partial charge < -0.3 is 15.0 Å². The summed E-state index contributed by atoms with van der Waals surface area (Å²) in [7, 11) is 0. The zero-order valence-electron chi connectivity index (χ0n) is 16.8. The minimum Gasteiger partial charge on any atom is -0.378 e. The van der Waals surface area contributed by atoms with Crippen LogP contribution in [-0.2, 0) is 11.2 Å². The molecule has 2 aromatic carbocycles. The standard InChI is InChI=1S/C23H25N3O2S/c1-3-17-4-6-18(7-5-17)23-24-16(2)21(29-23)22(27)25-19-8-10-20(11-9-19)26-12-14-28-15-13-26/h4-11H,3,12-15H2,1-2H3,(H,25,27). The molecule has 150 valence electrons. The van der Waals surface area contributed by atoms with Gasteiger partial charge in [0.25, 0.3) is 5.91 Å². The fraction of sp³-hybridized carbons (Fsp3) is 0.304. The molecule has 1 amide bonds. The first-order valence-electron chi connectivity index (χ1n) is 9.95. The van der Waals surface area contributed by atoms with Crippen LogP contribution in [0.2, 0.25) is 0 Å². The van der Waals surface area contributed by atoms with E-state index in [1.165, 1.54) is 16.9 Å². The summed E-state index contributed by atoms with van der Waals surface area (Å²) in [5, 5.41) is 3.87. The van der Waals surface area contributed by atoms with Crippen LogP contribution in [0.3, 0.4) is 0 Å². The number of aromatic nitrogens is 1. The lowest BCUT2D eigenvalue weighted by atomic mass is 10.1. The van der Waals surface area contributed by atoms with Crippen molar-refractivity contribution >= 4 is 28.6 Å². The Balaban J connectivity index is 1.46. The summed E-state index contributed by atoms with van der Waals surface area (Å²) in [5.41, 5.74) is 5.03. The van der Waals surface area contributed by atoms with Crippen LogP contribution in [0.4, 0.5) is 11.4 Å². The van der Waals surface area contributed by atoms with Gasteiger partial charge in [-0.25, -0.2) is 4.98 Å². The van der Waals surface area contributed by atoms with Gasteiger partial charge in [-0.15, -0.1) is 11.3 Å². The molecular formula is C23H25N3O2S. The van der Waals surface area contributed by atoms with Gasteiger partial charge in [0.2, 0.25) is 0 Å². The molecule has 5 nitrogen and oxygen atoms in total. The number of morpholine rings is 1. The molecule has 6 heteroatoms. The van der Waals surface area contributed by atoms with E-state index in [1.807, 2.05) is 31.2 Å². The predicted molar refractivity (Wildman–Crippen MR) is 119 cm³/mol. The van der Waals surface area contributed by atoms with Crippen molar-refractivity contribution in [2.75, 3.05) is 36.5 Å². The molecule has 2 heterocycles. The first-order chi connectivity index (χ1) is 14.1. The second kappa shape index (κ2) is 8.76. The number of hydrogen-bond donors (Lipinski definition) is 1. The van der Waals surface area contributed by atoms with Gasteiger partial charge in [0, 0.05) is 30.0 Å². The van der Waals surface area contributed by atoms with Crippen LogP contribution in [0.1, 0.15) is 27.9 Å². The molecule has 0 saturated carbocycles. The van der Waals surface area contributed by atoms with Gasteiger partial charge in [0.15, 0.2) is 0 Å². The van der Waals surface area contributed by atoms with Crippen LogP contribution < -0.4 is 10.2 Å². The number of ether oxygens (including phenoxy) is 1. The zero-order valence-corrected chi connectivity index (χ0v) is 17.6. The number of thiazole rings is 1. The Labute approximate surface area is 175 Å². The molecule has 0 bridgehead atoms. The molecule has 0 aliphatic carbocycles. The van der Waals surface area contributed by atoms with Gasteiger partial charge in [-0.05, 0) is 43.2 Å². The molecule has 1 fully saturated rings. The monoisotopic (exact) mass is 407 g/mol. The number of nitrogens with zero attached hydrogens (tertiary/aromatic N) is 2. The van der Waals surface area contributed by atoms with E-state index in [0.717, 1.165) is 60.4 Å². The maximum atomic E-state index is 12.8. The highest BCUT2D eigenvalue weighted by Gasteiger charge is 2.17. The van der Waals surface area contributed by atoms with Gasteiger partial charge in [-0.2, -0.15) is 0 Å². The number of aryl methyl sites for hydroxylation is 2. The van der Waals surface area contributed by atoms with E-state index in [2.05, 4.69) is 46.4 Å². The summed E-state index contributed by atoms with van der Waals surface area (Å²) in [6.07, 6.45) is 1.01. The van der Waals surface area contributed by atoms with Gasteiger partial charge in [0.05, 0.1) is 18.9 Å². The highest BCUT2D eigenvalue weighted by molar-refractivity contribution is 7.17. The summed E-state index contributed by atoms with van der Waals surface area (Å²) in [4.78, 5) is 20.4. The van der Waals surface area contributed by atoms with Crippen LogP contribution in [0.15, 0.2) is 48.5 Å². The molecule has 1 aromatic heterocycles. The number of anilines is 2. The molecule has 1 N–H and O–H groups in total. The first kappa shape index (κ1) is 19.6. The normalized spacial score (nSPS) is 14.1. The highest BCUT2D eigenvalue weighted by atomic mass is 32.1. The lowest BCUT2D eigenvalue weighted by Gasteiger charge is -2.28. The van der Waals surface area contributed by atoms with Crippen molar-refractivity contribution in [2.45, 2.75) is 20.3 Å². The van der Waals surface area contributed by atoms with E-state index in [-0.39, 0.29) is 5.91 Å². The van der Waals surface area contributed by atoms with Crippen molar-refractivity contribution in [3.63, 3.8) is 0 Å². The van der Waals surface area contributed by atoms with E-state index < -0.39 is 0 Å². The summed E-state index contributed by atoms with van der Waals surface area (Å²) < 4.78 is 5.40. The number of carbonyl (C=O) groups is 1. The van der Waals surface area contributed by atoms with Gasteiger partial charge in [-0.1, -0.05) is 31.2 Å². The van der Waals surface area contributed by atoms with E-state index in [4.69, 9.17) is 4.74 Å². The Hall–Kier alpha value is -2.70. The van der Waals surface area contributed by atoms with E-state index >= 15 is 0 Å². The fourth-order valence-electron chi connectivity index (χ4n) is 3.38. The molecule has 0 spiro atoms. The fourth-order valence-corrected chi connectivity index (χ4v) is 4.35. The molecular weight excluding hydrogens is 382 g/mol. The second-order valence-corrected chi connectivity index (χ2v) is 8.08.